The van der Waals surface area contributed by atoms with Crippen molar-refractivity contribution in [3.05, 3.63) is 41.3 Å². The third kappa shape index (κ3) is 2.51. The number of carbonyl (C=O) groups is 1. The molecular weight excluding hydrogens is 232 g/mol. The second kappa shape index (κ2) is 4.91. The third-order valence-electron chi connectivity index (χ3n) is 2.70. The summed E-state index contributed by atoms with van der Waals surface area (Å²) >= 11 is 0. The van der Waals surface area contributed by atoms with Crippen LogP contribution < -0.4 is 5.32 Å². The number of oxazole rings is 1. The average molecular weight is 246 g/mol. The van der Waals surface area contributed by atoms with Crippen molar-refractivity contribution in [1.82, 2.24) is 4.98 Å². The molecule has 0 spiro atoms. The molecule has 0 amide bonds. The highest BCUT2D eigenvalue weighted by Crippen LogP contribution is 2.20. The minimum absolute atomic E-state index is 0.111. The van der Waals surface area contributed by atoms with Gasteiger partial charge in [-0.1, -0.05) is 13.0 Å². The van der Waals surface area contributed by atoms with Crippen LogP contribution in [0.3, 0.4) is 0 Å². The quantitative estimate of drug-likeness (QED) is 0.867. The van der Waals surface area contributed by atoms with Crippen molar-refractivity contribution in [1.29, 1.82) is 0 Å². The standard InChI is InChI=1S/C13H14N2O3/c1-3-9-6-10(5-4-8(9)2)14-13-15-11(7-18-13)12(16)17/h4-7H,3H2,1-2H3,(H,14,15)(H,16,17). The molecule has 0 unspecified atom stereocenters. The Morgan fingerprint density at radius 2 is 2.28 bits per heavy atom. The van der Waals surface area contributed by atoms with Crippen molar-refractivity contribution in [2.24, 2.45) is 0 Å². The number of carboxylic acids is 1. The maximum absolute atomic E-state index is 10.7. The largest absolute Gasteiger partial charge is 0.476 e. The number of carboxylic acid groups (broad SMARTS) is 1. The molecule has 1 aromatic carbocycles. The number of nitrogens with one attached hydrogen (secondary N) is 1. The molecule has 0 fully saturated rings. The fourth-order valence-corrected chi connectivity index (χ4v) is 1.68. The SMILES string of the molecule is CCc1cc(Nc2nc(C(=O)O)co2)ccc1C. The van der Waals surface area contributed by atoms with Crippen molar-refractivity contribution in [3.8, 4) is 0 Å². The zero-order valence-electron chi connectivity index (χ0n) is 10.2. The second-order valence-corrected chi connectivity index (χ2v) is 3.96. The predicted octanol–water partition coefficient (Wildman–Crippen LogP) is 2.99. The highest BCUT2D eigenvalue weighted by atomic mass is 16.4. The zero-order valence-corrected chi connectivity index (χ0v) is 10.2. The van der Waals surface area contributed by atoms with Gasteiger partial charge in [-0.2, -0.15) is 4.98 Å². The van der Waals surface area contributed by atoms with Crippen LogP contribution in [0.15, 0.2) is 28.9 Å². The number of aryl methyl sites for hydroxylation is 2. The van der Waals surface area contributed by atoms with Crippen LogP contribution in [0.25, 0.3) is 0 Å². The molecular formula is C13H14N2O3. The first-order valence-electron chi connectivity index (χ1n) is 5.65. The first-order valence-corrected chi connectivity index (χ1v) is 5.65. The molecule has 1 aromatic heterocycles. The fraction of sp³-hybridized carbons (Fsp3) is 0.231. The van der Waals surface area contributed by atoms with E-state index in [9.17, 15) is 4.79 Å². The molecule has 5 nitrogen and oxygen atoms in total. The first kappa shape index (κ1) is 12.2. The highest BCUT2D eigenvalue weighted by molar-refractivity contribution is 5.85. The van der Waals surface area contributed by atoms with Gasteiger partial charge < -0.3 is 14.8 Å². The summed E-state index contributed by atoms with van der Waals surface area (Å²) in [5.74, 6) is -1.11. The molecule has 94 valence electrons. The summed E-state index contributed by atoms with van der Waals surface area (Å²) in [6, 6.07) is 6.08. The lowest BCUT2D eigenvalue weighted by molar-refractivity contribution is 0.0690. The molecule has 0 saturated carbocycles. The number of aromatic carboxylic acids is 1. The number of nitrogens with zero attached hydrogens (tertiary/aromatic N) is 1. The van der Waals surface area contributed by atoms with E-state index >= 15 is 0 Å². The Balaban J connectivity index is 2.20. The van der Waals surface area contributed by atoms with Gasteiger partial charge in [-0.3, -0.25) is 0 Å². The Bertz CT molecular complexity index is 575. The van der Waals surface area contributed by atoms with Crippen LogP contribution in [0.1, 0.15) is 28.5 Å². The molecule has 18 heavy (non-hydrogen) atoms. The second-order valence-electron chi connectivity index (χ2n) is 3.96. The highest BCUT2D eigenvalue weighted by Gasteiger charge is 2.10. The Morgan fingerprint density at radius 3 is 2.89 bits per heavy atom. The summed E-state index contributed by atoms with van der Waals surface area (Å²) in [5, 5.41) is 11.7. The van der Waals surface area contributed by atoms with Crippen molar-refractivity contribution >= 4 is 17.7 Å². The summed E-state index contributed by atoms with van der Waals surface area (Å²) < 4.78 is 5.03. The third-order valence-corrected chi connectivity index (χ3v) is 2.70. The van der Waals surface area contributed by atoms with Crippen molar-refractivity contribution in [3.63, 3.8) is 0 Å². The molecule has 2 rings (SSSR count). The number of aromatic nitrogens is 1. The smallest absolute Gasteiger partial charge is 0.357 e. The van der Waals surface area contributed by atoms with E-state index in [1.54, 1.807) is 0 Å². The molecule has 0 aliphatic heterocycles. The van der Waals surface area contributed by atoms with Crippen molar-refractivity contribution < 1.29 is 14.3 Å². The summed E-state index contributed by atoms with van der Waals surface area (Å²) in [7, 11) is 0. The van der Waals surface area contributed by atoms with E-state index in [0.29, 0.717) is 0 Å². The Kier molecular flexibility index (Phi) is 3.32. The first-order chi connectivity index (χ1) is 8.60. The maximum atomic E-state index is 10.7. The summed E-state index contributed by atoms with van der Waals surface area (Å²) in [6.07, 6.45) is 2.05. The lowest BCUT2D eigenvalue weighted by Crippen LogP contribution is -1.97. The van der Waals surface area contributed by atoms with E-state index in [1.165, 1.54) is 11.1 Å². The van der Waals surface area contributed by atoms with Crippen LogP contribution in [0, 0.1) is 6.92 Å². The molecule has 2 N–H and O–H groups in total. The van der Waals surface area contributed by atoms with E-state index in [4.69, 9.17) is 9.52 Å². The van der Waals surface area contributed by atoms with Crippen molar-refractivity contribution in [2.45, 2.75) is 20.3 Å². The van der Waals surface area contributed by atoms with Gasteiger partial charge in [0.15, 0.2) is 5.69 Å². The molecule has 1 heterocycles. The molecule has 2 aromatic rings. The van der Waals surface area contributed by atoms with Gasteiger partial charge in [-0.15, -0.1) is 0 Å². The van der Waals surface area contributed by atoms with Gasteiger partial charge in [0.05, 0.1) is 0 Å². The van der Waals surface area contributed by atoms with Crippen LogP contribution in [0.4, 0.5) is 11.7 Å². The number of hydrogen-bond donors (Lipinski definition) is 2. The van der Waals surface area contributed by atoms with Gasteiger partial charge in [0.1, 0.15) is 6.26 Å². The lowest BCUT2D eigenvalue weighted by Gasteiger charge is -2.06. The minimum atomic E-state index is -1.11. The van der Waals surface area contributed by atoms with Gasteiger partial charge in [-0.25, -0.2) is 4.79 Å². The van der Waals surface area contributed by atoms with Crippen LogP contribution >= 0.6 is 0 Å². The molecule has 0 aliphatic carbocycles. The Hall–Kier alpha value is -2.30. The van der Waals surface area contributed by atoms with Crippen LogP contribution in [-0.2, 0) is 6.42 Å². The molecule has 0 radical (unpaired) electrons. The molecule has 0 bridgehead atoms. The van der Waals surface area contributed by atoms with Crippen LogP contribution in [0.5, 0.6) is 0 Å². The molecule has 5 heteroatoms. The summed E-state index contributed by atoms with van der Waals surface area (Å²) in [6.45, 7) is 4.13. The maximum Gasteiger partial charge on any atom is 0.357 e. The van der Waals surface area contributed by atoms with E-state index in [0.717, 1.165) is 18.4 Å². The van der Waals surface area contributed by atoms with Gasteiger partial charge in [0.25, 0.3) is 6.01 Å². The van der Waals surface area contributed by atoms with Gasteiger partial charge in [0.2, 0.25) is 0 Å². The summed E-state index contributed by atoms with van der Waals surface area (Å²) in [5.41, 5.74) is 3.17. The molecule has 0 atom stereocenters. The predicted molar refractivity (Wildman–Crippen MR) is 67.3 cm³/mol. The normalized spacial score (nSPS) is 10.3. The number of anilines is 2. The average Bonchev–Trinajstić information content (AvgIpc) is 2.80. The van der Waals surface area contributed by atoms with E-state index < -0.39 is 5.97 Å². The van der Waals surface area contributed by atoms with E-state index in [2.05, 4.69) is 24.1 Å². The number of rotatable bonds is 4. The van der Waals surface area contributed by atoms with Gasteiger partial charge in [-0.05, 0) is 36.6 Å². The van der Waals surface area contributed by atoms with E-state index in [-0.39, 0.29) is 11.7 Å². The summed E-state index contributed by atoms with van der Waals surface area (Å²) in [4.78, 5) is 14.5. The zero-order chi connectivity index (χ0) is 13.1. The lowest BCUT2D eigenvalue weighted by atomic mass is 10.1. The van der Waals surface area contributed by atoms with Crippen molar-refractivity contribution in [2.75, 3.05) is 5.32 Å². The molecule has 0 aliphatic rings. The Labute approximate surface area is 104 Å². The topological polar surface area (TPSA) is 75.4 Å². The minimum Gasteiger partial charge on any atom is -0.476 e. The van der Waals surface area contributed by atoms with Gasteiger partial charge >= 0.3 is 5.97 Å². The van der Waals surface area contributed by atoms with Crippen LogP contribution in [-0.4, -0.2) is 16.1 Å². The number of benzene rings is 1. The van der Waals surface area contributed by atoms with Gasteiger partial charge in [0, 0.05) is 5.69 Å². The van der Waals surface area contributed by atoms with Crippen LogP contribution in [0.2, 0.25) is 0 Å². The fourth-order valence-electron chi connectivity index (χ4n) is 1.68. The number of hydrogen-bond acceptors (Lipinski definition) is 4. The molecule has 0 saturated heterocycles. The monoisotopic (exact) mass is 246 g/mol. The Morgan fingerprint density at radius 1 is 1.50 bits per heavy atom. The van der Waals surface area contributed by atoms with E-state index in [1.807, 2.05) is 18.2 Å².